The fourth-order valence-electron chi connectivity index (χ4n) is 3.97. The number of likely N-dealkylation sites (N-methyl/N-ethyl adjacent to an activating group) is 1. The normalized spacial score (nSPS) is 12.0. The lowest BCUT2D eigenvalue weighted by molar-refractivity contribution is 0.166. The number of nitrogens with one attached hydrogen (secondary N) is 2. The van der Waals surface area contributed by atoms with Crippen LogP contribution in [0.1, 0.15) is 11.3 Å². The lowest BCUT2D eigenvalue weighted by Gasteiger charge is -2.13. The van der Waals surface area contributed by atoms with Gasteiger partial charge in [0.1, 0.15) is 0 Å². The highest BCUT2D eigenvalue weighted by Gasteiger charge is 2.17. The van der Waals surface area contributed by atoms with E-state index < -0.39 is 0 Å². The Bertz CT molecular complexity index is 1420. The Labute approximate surface area is 207 Å². The van der Waals surface area contributed by atoms with E-state index in [-0.39, 0.29) is 5.56 Å². The molecular weight excluding hydrogens is 473 g/mol. The molecule has 2 aromatic carbocycles. The molecule has 2 heterocycles. The Balaban J connectivity index is 1.74. The van der Waals surface area contributed by atoms with Crippen molar-refractivity contribution in [3.63, 3.8) is 0 Å². The number of benzene rings is 2. The maximum absolute atomic E-state index is 13.2. The summed E-state index contributed by atoms with van der Waals surface area (Å²) in [5, 5.41) is 5.67. The Morgan fingerprint density at radius 2 is 1.97 bits per heavy atom. The van der Waals surface area contributed by atoms with Crippen molar-refractivity contribution in [2.24, 2.45) is 7.05 Å². The van der Waals surface area contributed by atoms with Crippen LogP contribution in [0.5, 0.6) is 0 Å². The minimum Gasteiger partial charge on any atom is -0.383 e. The Hall–Kier alpha value is -2.84. The standard InChI is InChI=1S/C25H27Cl2N5O2/c1-15-16-10-11-20-23(32(3)25(29-20)30-22-17(26)7-5-8-18(22)27)21(16)24(33)28-19(15)9-6-12-31(2)13-14-34-4/h5-11H,12-14H2,1-4H3,(H,28,33)(H,29,30)/b9-6+. The molecule has 9 heteroatoms. The number of halogens is 2. The SMILES string of the molecule is COCCN(C)C/C=C/c1[nH]c(=O)c2c(ccc3nc(Nc4c(Cl)cccc4Cl)n(C)c32)c1C. The molecule has 0 aliphatic carbocycles. The number of hydrogen-bond donors (Lipinski definition) is 2. The number of hydrogen-bond acceptors (Lipinski definition) is 5. The van der Waals surface area contributed by atoms with Crippen LogP contribution in [-0.2, 0) is 11.8 Å². The average molecular weight is 500 g/mol. The molecule has 34 heavy (non-hydrogen) atoms. The number of aryl methyl sites for hydroxylation is 2. The van der Waals surface area contributed by atoms with E-state index in [0.717, 1.165) is 35.2 Å². The van der Waals surface area contributed by atoms with Gasteiger partial charge in [-0.2, -0.15) is 0 Å². The summed E-state index contributed by atoms with van der Waals surface area (Å²) in [6, 6.07) is 9.17. The highest BCUT2D eigenvalue weighted by atomic mass is 35.5. The maximum Gasteiger partial charge on any atom is 0.258 e. The molecule has 4 rings (SSSR count). The highest BCUT2D eigenvalue weighted by molar-refractivity contribution is 6.39. The Morgan fingerprint density at radius 1 is 1.24 bits per heavy atom. The summed E-state index contributed by atoms with van der Waals surface area (Å²) < 4.78 is 6.97. The summed E-state index contributed by atoms with van der Waals surface area (Å²) >= 11 is 12.6. The van der Waals surface area contributed by atoms with Gasteiger partial charge in [-0.3, -0.25) is 4.79 Å². The van der Waals surface area contributed by atoms with E-state index in [1.54, 1.807) is 25.3 Å². The number of imidazole rings is 1. The van der Waals surface area contributed by atoms with E-state index in [0.29, 0.717) is 39.2 Å². The number of fused-ring (bicyclic) bond motifs is 3. The third-order valence-corrected chi connectivity index (χ3v) is 6.53. The summed E-state index contributed by atoms with van der Waals surface area (Å²) in [6.45, 7) is 4.28. The molecule has 0 radical (unpaired) electrons. The molecule has 178 valence electrons. The molecule has 0 aliphatic heterocycles. The van der Waals surface area contributed by atoms with Gasteiger partial charge in [0, 0.05) is 32.9 Å². The molecule has 2 N–H and O–H groups in total. The fraction of sp³-hybridized carbons (Fsp3) is 0.280. The van der Waals surface area contributed by atoms with Crippen molar-refractivity contribution >= 4 is 62.7 Å². The minimum atomic E-state index is -0.163. The van der Waals surface area contributed by atoms with E-state index >= 15 is 0 Å². The van der Waals surface area contributed by atoms with Crippen LogP contribution >= 0.6 is 23.2 Å². The van der Waals surface area contributed by atoms with Crippen molar-refractivity contribution in [1.82, 2.24) is 19.4 Å². The first-order valence-corrected chi connectivity index (χ1v) is 11.6. The molecule has 0 atom stereocenters. The zero-order chi connectivity index (χ0) is 24.4. The van der Waals surface area contributed by atoms with Gasteiger partial charge in [-0.15, -0.1) is 0 Å². The molecule has 2 aromatic heterocycles. The summed E-state index contributed by atoms with van der Waals surface area (Å²) in [7, 11) is 5.58. The number of pyridine rings is 1. The fourth-order valence-corrected chi connectivity index (χ4v) is 4.46. The number of methoxy groups -OCH3 is 1. The smallest absolute Gasteiger partial charge is 0.258 e. The van der Waals surface area contributed by atoms with Gasteiger partial charge in [0.15, 0.2) is 0 Å². The Morgan fingerprint density at radius 3 is 2.68 bits per heavy atom. The number of para-hydroxylation sites is 1. The summed E-state index contributed by atoms with van der Waals surface area (Å²) in [4.78, 5) is 23.1. The lowest BCUT2D eigenvalue weighted by atomic mass is 10.0. The molecule has 0 fully saturated rings. The van der Waals surface area contributed by atoms with Gasteiger partial charge in [0.25, 0.3) is 5.56 Å². The van der Waals surface area contributed by atoms with Crippen LogP contribution in [0.25, 0.3) is 27.9 Å². The summed E-state index contributed by atoms with van der Waals surface area (Å²) in [5.41, 5.74) is 3.64. The van der Waals surface area contributed by atoms with Crippen LogP contribution in [0.15, 0.2) is 41.2 Å². The molecule has 0 bridgehead atoms. The second kappa shape index (κ2) is 10.2. The number of rotatable bonds is 8. The first kappa shape index (κ1) is 24.3. The van der Waals surface area contributed by atoms with Gasteiger partial charge in [-0.25, -0.2) is 4.98 Å². The number of aromatic nitrogens is 3. The van der Waals surface area contributed by atoms with Crippen LogP contribution in [0.3, 0.4) is 0 Å². The maximum atomic E-state index is 13.2. The first-order chi connectivity index (χ1) is 16.3. The van der Waals surface area contributed by atoms with Crippen molar-refractivity contribution in [3.05, 3.63) is 68.1 Å². The van der Waals surface area contributed by atoms with Crippen molar-refractivity contribution in [2.45, 2.75) is 6.92 Å². The summed E-state index contributed by atoms with van der Waals surface area (Å²) in [5.74, 6) is 0.539. The van der Waals surface area contributed by atoms with E-state index in [1.807, 2.05) is 49.9 Å². The van der Waals surface area contributed by atoms with Gasteiger partial charge in [0.2, 0.25) is 5.95 Å². The molecule has 0 saturated carbocycles. The third kappa shape index (κ3) is 4.70. The highest BCUT2D eigenvalue weighted by Crippen LogP contribution is 2.34. The van der Waals surface area contributed by atoms with Crippen LogP contribution in [-0.4, -0.2) is 53.3 Å². The van der Waals surface area contributed by atoms with Crippen molar-refractivity contribution in [1.29, 1.82) is 0 Å². The van der Waals surface area contributed by atoms with E-state index in [1.165, 1.54) is 0 Å². The van der Waals surface area contributed by atoms with Crippen molar-refractivity contribution in [2.75, 3.05) is 39.2 Å². The molecule has 4 aromatic rings. The molecule has 0 unspecified atom stereocenters. The summed E-state index contributed by atoms with van der Waals surface area (Å²) in [6.07, 6.45) is 4.00. The third-order valence-electron chi connectivity index (χ3n) is 5.90. The van der Waals surface area contributed by atoms with Gasteiger partial charge >= 0.3 is 0 Å². The molecule has 0 saturated heterocycles. The number of H-pyrrole nitrogens is 1. The minimum absolute atomic E-state index is 0.163. The average Bonchev–Trinajstić information content (AvgIpc) is 3.13. The van der Waals surface area contributed by atoms with E-state index in [9.17, 15) is 4.79 Å². The molecule has 0 amide bonds. The predicted molar refractivity (Wildman–Crippen MR) is 142 cm³/mol. The van der Waals surface area contributed by atoms with Crippen LogP contribution < -0.4 is 10.9 Å². The van der Waals surface area contributed by atoms with Crippen molar-refractivity contribution < 1.29 is 4.74 Å². The van der Waals surface area contributed by atoms with Crippen LogP contribution in [0.4, 0.5) is 11.6 Å². The van der Waals surface area contributed by atoms with E-state index in [4.69, 9.17) is 27.9 Å². The number of nitrogens with zero attached hydrogens (tertiary/aromatic N) is 3. The van der Waals surface area contributed by atoms with E-state index in [2.05, 4.69) is 20.2 Å². The second-order valence-electron chi connectivity index (χ2n) is 8.22. The molecule has 0 spiro atoms. The largest absolute Gasteiger partial charge is 0.383 e. The zero-order valence-corrected chi connectivity index (χ0v) is 21.1. The number of aromatic amines is 1. The zero-order valence-electron chi connectivity index (χ0n) is 19.6. The Kier molecular flexibility index (Phi) is 7.28. The van der Waals surface area contributed by atoms with Crippen molar-refractivity contribution in [3.8, 4) is 0 Å². The van der Waals surface area contributed by atoms with Crippen LogP contribution in [0.2, 0.25) is 10.0 Å². The predicted octanol–water partition coefficient (Wildman–Crippen LogP) is 5.37. The molecular formula is C25H27Cl2N5O2. The van der Waals surface area contributed by atoms with Crippen LogP contribution in [0, 0.1) is 6.92 Å². The molecule has 0 aliphatic rings. The first-order valence-electron chi connectivity index (χ1n) is 10.9. The van der Waals surface area contributed by atoms with Gasteiger partial charge in [-0.1, -0.05) is 41.4 Å². The van der Waals surface area contributed by atoms with Gasteiger partial charge in [-0.05, 0) is 49.2 Å². The van der Waals surface area contributed by atoms with Gasteiger partial charge in [0.05, 0.1) is 38.8 Å². The lowest BCUT2D eigenvalue weighted by Crippen LogP contribution is -2.22. The number of anilines is 2. The molecule has 7 nitrogen and oxygen atoms in total. The number of ether oxygens (including phenoxy) is 1. The topological polar surface area (TPSA) is 75.2 Å². The van der Waals surface area contributed by atoms with Gasteiger partial charge < -0.3 is 24.5 Å². The quantitative estimate of drug-likeness (QED) is 0.341. The monoisotopic (exact) mass is 499 g/mol. The second-order valence-corrected chi connectivity index (χ2v) is 9.04.